The second kappa shape index (κ2) is 6.85. The van der Waals surface area contributed by atoms with Crippen molar-refractivity contribution in [3.05, 3.63) is 11.9 Å². The van der Waals surface area contributed by atoms with Gasteiger partial charge in [0, 0.05) is 31.8 Å². The Morgan fingerprint density at radius 3 is 2.95 bits per heavy atom. The summed E-state index contributed by atoms with van der Waals surface area (Å²) in [5, 5.41) is 0. The van der Waals surface area contributed by atoms with Crippen LogP contribution in [0.5, 0.6) is 0 Å². The van der Waals surface area contributed by atoms with Gasteiger partial charge in [-0.2, -0.15) is 0 Å². The molecule has 2 N–H and O–H groups in total. The van der Waals surface area contributed by atoms with Gasteiger partial charge in [-0.25, -0.2) is 9.97 Å². The van der Waals surface area contributed by atoms with E-state index in [-0.39, 0.29) is 0 Å². The Morgan fingerprint density at radius 2 is 2.25 bits per heavy atom. The van der Waals surface area contributed by atoms with Gasteiger partial charge in [-0.3, -0.25) is 0 Å². The highest BCUT2D eigenvalue weighted by Crippen LogP contribution is 2.25. The Hall–Kier alpha value is -1.40. The van der Waals surface area contributed by atoms with Crippen molar-refractivity contribution < 1.29 is 4.74 Å². The van der Waals surface area contributed by atoms with Crippen LogP contribution < -0.4 is 10.6 Å². The summed E-state index contributed by atoms with van der Waals surface area (Å²) < 4.78 is 5.38. The number of aromatic nitrogens is 2. The normalized spacial score (nSPS) is 19.0. The second-order valence-electron chi connectivity index (χ2n) is 5.46. The van der Waals surface area contributed by atoms with Crippen molar-refractivity contribution in [1.82, 2.24) is 14.9 Å². The maximum atomic E-state index is 5.90. The number of likely N-dealkylation sites (N-methyl/N-ethyl adjacent to an activating group) is 1. The minimum atomic E-state index is 0.417. The van der Waals surface area contributed by atoms with E-state index in [4.69, 9.17) is 10.5 Å². The van der Waals surface area contributed by atoms with Gasteiger partial charge in [0.25, 0.3) is 0 Å². The van der Waals surface area contributed by atoms with Crippen LogP contribution in [0.25, 0.3) is 0 Å². The van der Waals surface area contributed by atoms with Gasteiger partial charge < -0.3 is 20.3 Å². The molecule has 6 heteroatoms. The first-order chi connectivity index (χ1) is 9.60. The summed E-state index contributed by atoms with van der Waals surface area (Å²) in [4.78, 5) is 13.4. The van der Waals surface area contributed by atoms with Gasteiger partial charge in [0.15, 0.2) is 5.82 Å². The van der Waals surface area contributed by atoms with Crippen molar-refractivity contribution >= 4 is 11.6 Å². The summed E-state index contributed by atoms with van der Waals surface area (Å²) in [7, 11) is 4.21. The molecule has 1 unspecified atom stereocenters. The van der Waals surface area contributed by atoms with E-state index in [0.29, 0.717) is 30.9 Å². The number of hydrogen-bond donors (Lipinski definition) is 1. The zero-order valence-corrected chi connectivity index (χ0v) is 12.7. The van der Waals surface area contributed by atoms with Crippen LogP contribution in [-0.4, -0.2) is 54.7 Å². The maximum Gasteiger partial charge on any atom is 0.158 e. The quantitative estimate of drug-likeness (QED) is 0.842. The van der Waals surface area contributed by atoms with E-state index in [1.807, 2.05) is 13.0 Å². The van der Waals surface area contributed by atoms with Crippen molar-refractivity contribution in [2.24, 2.45) is 0 Å². The van der Waals surface area contributed by atoms with Gasteiger partial charge >= 0.3 is 0 Å². The highest BCUT2D eigenvalue weighted by Gasteiger charge is 2.26. The van der Waals surface area contributed by atoms with Crippen molar-refractivity contribution in [3.8, 4) is 0 Å². The van der Waals surface area contributed by atoms with Crippen LogP contribution in [0.4, 0.5) is 11.6 Å². The van der Waals surface area contributed by atoms with Gasteiger partial charge in [-0.05, 0) is 33.9 Å². The first-order valence-corrected chi connectivity index (χ1v) is 7.22. The summed E-state index contributed by atoms with van der Waals surface area (Å²) in [6.07, 6.45) is 2.39. The van der Waals surface area contributed by atoms with Crippen LogP contribution in [0.2, 0.25) is 0 Å². The molecule has 6 nitrogen and oxygen atoms in total. The lowest BCUT2D eigenvalue weighted by Crippen LogP contribution is -2.38. The third-order valence-electron chi connectivity index (χ3n) is 3.46. The monoisotopic (exact) mass is 279 g/mol. The third kappa shape index (κ3) is 3.80. The number of nitrogens with two attached hydrogens (primary N) is 1. The molecule has 0 bridgehead atoms. The molecule has 1 atom stereocenters. The standard InChI is InChI=1S/C14H25N5O/c1-4-20-10-13-16-12(15)8-14(17-13)19-7-5-6-11(19)9-18(2)3/h8,11H,4-7,9-10H2,1-3H3,(H2,15,16,17). The first-order valence-electron chi connectivity index (χ1n) is 7.22. The molecule has 2 heterocycles. The summed E-state index contributed by atoms with van der Waals surface area (Å²) in [6, 6.07) is 2.36. The molecule has 1 aromatic heterocycles. The molecule has 1 aromatic rings. The van der Waals surface area contributed by atoms with E-state index in [9.17, 15) is 0 Å². The minimum Gasteiger partial charge on any atom is -0.384 e. The summed E-state index contributed by atoms with van der Waals surface area (Å²) >= 11 is 0. The average Bonchev–Trinajstić information content (AvgIpc) is 2.83. The number of ether oxygens (including phenoxy) is 1. The Morgan fingerprint density at radius 1 is 1.45 bits per heavy atom. The predicted molar refractivity (Wildman–Crippen MR) is 80.7 cm³/mol. The van der Waals surface area contributed by atoms with Crippen LogP contribution >= 0.6 is 0 Å². The van der Waals surface area contributed by atoms with E-state index in [0.717, 1.165) is 18.9 Å². The molecule has 0 radical (unpaired) electrons. The Labute approximate surface area is 120 Å². The molecule has 2 rings (SSSR count). The Bertz CT molecular complexity index is 438. The fraction of sp³-hybridized carbons (Fsp3) is 0.714. The van der Waals surface area contributed by atoms with E-state index >= 15 is 0 Å². The van der Waals surface area contributed by atoms with Gasteiger partial charge in [-0.15, -0.1) is 0 Å². The molecule has 0 saturated carbocycles. The highest BCUT2D eigenvalue weighted by molar-refractivity contribution is 5.48. The van der Waals surface area contributed by atoms with Gasteiger partial charge in [0.05, 0.1) is 0 Å². The number of rotatable bonds is 6. The molecule has 0 spiro atoms. The molecule has 1 aliphatic rings. The number of nitrogens with zero attached hydrogens (tertiary/aromatic N) is 4. The smallest absolute Gasteiger partial charge is 0.158 e. The summed E-state index contributed by atoms with van der Waals surface area (Å²) in [5.41, 5.74) is 5.90. The van der Waals surface area contributed by atoms with E-state index in [1.165, 1.54) is 12.8 Å². The second-order valence-corrected chi connectivity index (χ2v) is 5.46. The molecule has 1 aliphatic heterocycles. The molecule has 20 heavy (non-hydrogen) atoms. The predicted octanol–water partition coefficient (Wildman–Crippen LogP) is 1.13. The first kappa shape index (κ1) is 15.0. The number of anilines is 2. The SMILES string of the molecule is CCOCc1nc(N)cc(N2CCCC2CN(C)C)n1. The minimum absolute atomic E-state index is 0.417. The molecule has 0 amide bonds. The van der Waals surface area contributed by atoms with Gasteiger partial charge in [0.1, 0.15) is 18.2 Å². The van der Waals surface area contributed by atoms with E-state index in [2.05, 4.69) is 33.9 Å². The van der Waals surface area contributed by atoms with E-state index < -0.39 is 0 Å². The van der Waals surface area contributed by atoms with Crippen LogP contribution in [0.15, 0.2) is 6.07 Å². The lowest BCUT2D eigenvalue weighted by Gasteiger charge is -2.28. The van der Waals surface area contributed by atoms with Crippen molar-refractivity contribution in [2.75, 3.05) is 44.4 Å². The topological polar surface area (TPSA) is 67.5 Å². The molecular formula is C14H25N5O. The molecule has 1 fully saturated rings. The Balaban J connectivity index is 2.15. The van der Waals surface area contributed by atoms with Crippen LogP contribution in [0.1, 0.15) is 25.6 Å². The van der Waals surface area contributed by atoms with Gasteiger partial charge in [-0.1, -0.05) is 0 Å². The Kier molecular flexibility index (Phi) is 5.14. The largest absolute Gasteiger partial charge is 0.384 e. The zero-order chi connectivity index (χ0) is 14.5. The molecule has 0 aliphatic carbocycles. The maximum absolute atomic E-state index is 5.90. The van der Waals surface area contributed by atoms with E-state index in [1.54, 1.807) is 0 Å². The fourth-order valence-corrected chi connectivity index (χ4v) is 2.66. The summed E-state index contributed by atoms with van der Waals surface area (Å²) in [6.45, 7) is 5.09. The van der Waals surface area contributed by atoms with Crippen LogP contribution in [-0.2, 0) is 11.3 Å². The molecular weight excluding hydrogens is 254 g/mol. The lowest BCUT2D eigenvalue weighted by molar-refractivity contribution is 0.128. The lowest BCUT2D eigenvalue weighted by atomic mass is 10.2. The van der Waals surface area contributed by atoms with Crippen molar-refractivity contribution in [2.45, 2.75) is 32.4 Å². The summed E-state index contributed by atoms with van der Waals surface area (Å²) in [5.74, 6) is 2.11. The molecule has 112 valence electrons. The number of nitrogen functional groups attached to an aromatic ring is 1. The van der Waals surface area contributed by atoms with Gasteiger partial charge in [0.2, 0.25) is 0 Å². The average molecular weight is 279 g/mol. The van der Waals surface area contributed by atoms with Crippen molar-refractivity contribution in [1.29, 1.82) is 0 Å². The molecule has 1 saturated heterocycles. The highest BCUT2D eigenvalue weighted by atomic mass is 16.5. The third-order valence-corrected chi connectivity index (χ3v) is 3.46. The molecule has 0 aromatic carbocycles. The zero-order valence-electron chi connectivity index (χ0n) is 12.7. The van der Waals surface area contributed by atoms with Crippen LogP contribution in [0, 0.1) is 0 Å². The van der Waals surface area contributed by atoms with Crippen molar-refractivity contribution in [3.63, 3.8) is 0 Å². The van der Waals surface area contributed by atoms with Crippen LogP contribution in [0.3, 0.4) is 0 Å². The fourth-order valence-electron chi connectivity index (χ4n) is 2.66. The number of hydrogen-bond acceptors (Lipinski definition) is 6.